The smallest absolute Gasteiger partial charge is 0.335 e. The van der Waals surface area contributed by atoms with E-state index in [1.165, 1.54) is 11.1 Å². The highest BCUT2D eigenvalue weighted by atomic mass is 35.5. The summed E-state index contributed by atoms with van der Waals surface area (Å²) in [6.45, 7) is 8.01. The lowest BCUT2D eigenvalue weighted by molar-refractivity contribution is -0.0695. The van der Waals surface area contributed by atoms with Gasteiger partial charge in [0.15, 0.2) is 0 Å². The molecule has 0 saturated heterocycles. The van der Waals surface area contributed by atoms with E-state index in [9.17, 15) is 15.0 Å². The number of ether oxygens (including phenoxy) is 1. The Morgan fingerprint density at radius 1 is 1.31 bits per heavy atom. The molecule has 1 spiro atoms. The van der Waals surface area contributed by atoms with Gasteiger partial charge in [-0.15, -0.1) is 6.58 Å². The zero-order chi connectivity index (χ0) is 24.8. The van der Waals surface area contributed by atoms with Crippen molar-refractivity contribution in [3.63, 3.8) is 0 Å². The molecule has 5 nitrogen and oxygen atoms in total. The third-order valence-corrected chi connectivity index (χ3v) is 9.08. The number of aryl methyl sites for hydroxylation is 1. The molecule has 1 fully saturated rings. The summed E-state index contributed by atoms with van der Waals surface area (Å²) in [5, 5.41) is 21.3. The molecule has 2 N–H and O–H groups in total. The van der Waals surface area contributed by atoms with Gasteiger partial charge in [0.05, 0.1) is 24.0 Å². The Morgan fingerprint density at radius 3 is 2.86 bits per heavy atom. The van der Waals surface area contributed by atoms with Gasteiger partial charge >= 0.3 is 5.97 Å². The Balaban J connectivity index is 1.55. The van der Waals surface area contributed by atoms with Crippen molar-refractivity contribution in [3.05, 3.63) is 70.8 Å². The second-order valence-corrected chi connectivity index (χ2v) is 11.3. The third kappa shape index (κ3) is 4.23. The number of hydrogen-bond acceptors (Lipinski definition) is 4. The standard InChI is InChI=1S/C29H34ClNO4/c1-3-5-26(32)28(2)13-11-21(28)16-31-17-29(12-4-6-19-14-22(30)8-9-23(19)29)18-35-25-10-7-20(27(33)34)15-24(25)31/h3,7-10,14-15,21,26,32H,1,4-6,11-13,16-18H2,2H3,(H,33,34)/t21-,26+,28-,29+/m1/s1. The number of carboxylic acids is 1. The summed E-state index contributed by atoms with van der Waals surface area (Å²) >= 11 is 6.34. The number of fused-ring (bicyclic) bond motifs is 3. The lowest BCUT2D eigenvalue weighted by atomic mass is 9.57. The van der Waals surface area contributed by atoms with E-state index in [2.05, 4.69) is 30.5 Å². The van der Waals surface area contributed by atoms with Crippen LogP contribution in [0.25, 0.3) is 0 Å². The van der Waals surface area contributed by atoms with Crippen molar-refractivity contribution in [3.8, 4) is 5.75 Å². The maximum Gasteiger partial charge on any atom is 0.335 e. The Labute approximate surface area is 212 Å². The van der Waals surface area contributed by atoms with Crippen LogP contribution in [0.15, 0.2) is 49.1 Å². The van der Waals surface area contributed by atoms with Gasteiger partial charge in [-0.25, -0.2) is 4.79 Å². The normalized spacial score (nSPS) is 28.2. The molecule has 0 amide bonds. The number of aliphatic hydroxyl groups excluding tert-OH is 1. The lowest BCUT2D eigenvalue weighted by Crippen LogP contribution is -2.53. The highest BCUT2D eigenvalue weighted by Gasteiger charge is 2.49. The molecule has 1 saturated carbocycles. The average Bonchev–Trinajstić information content (AvgIpc) is 2.98. The Kier molecular flexibility index (Phi) is 6.35. The highest BCUT2D eigenvalue weighted by Crippen LogP contribution is 2.52. The van der Waals surface area contributed by atoms with Gasteiger partial charge in [-0.3, -0.25) is 0 Å². The first kappa shape index (κ1) is 24.2. The number of aromatic carboxylic acids is 1. The first-order chi connectivity index (χ1) is 16.8. The van der Waals surface area contributed by atoms with E-state index in [-0.39, 0.29) is 16.4 Å². The monoisotopic (exact) mass is 495 g/mol. The molecule has 186 valence electrons. The molecule has 0 radical (unpaired) electrons. The Hall–Kier alpha value is -2.50. The van der Waals surface area contributed by atoms with Gasteiger partial charge in [-0.1, -0.05) is 30.7 Å². The van der Waals surface area contributed by atoms with Crippen molar-refractivity contribution < 1.29 is 19.7 Å². The first-order valence-corrected chi connectivity index (χ1v) is 13.0. The summed E-state index contributed by atoms with van der Waals surface area (Å²) < 4.78 is 6.43. The van der Waals surface area contributed by atoms with Crippen LogP contribution in [0.2, 0.25) is 5.02 Å². The van der Waals surface area contributed by atoms with Crippen LogP contribution in [-0.2, 0) is 11.8 Å². The molecule has 2 aliphatic carbocycles. The number of nitrogens with zero attached hydrogens (tertiary/aromatic N) is 1. The minimum atomic E-state index is -0.945. The molecule has 35 heavy (non-hydrogen) atoms. The zero-order valence-corrected chi connectivity index (χ0v) is 21.1. The minimum absolute atomic E-state index is 0.183. The van der Waals surface area contributed by atoms with E-state index in [4.69, 9.17) is 16.3 Å². The summed E-state index contributed by atoms with van der Waals surface area (Å²) in [4.78, 5) is 14.1. The second kappa shape index (κ2) is 9.18. The van der Waals surface area contributed by atoms with Crippen LogP contribution in [0.3, 0.4) is 0 Å². The molecule has 2 aromatic rings. The van der Waals surface area contributed by atoms with Gasteiger partial charge in [0, 0.05) is 23.5 Å². The Bertz CT molecular complexity index is 1150. The zero-order valence-electron chi connectivity index (χ0n) is 20.3. The summed E-state index contributed by atoms with van der Waals surface area (Å²) in [7, 11) is 0. The number of anilines is 1. The summed E-state index contributed by atoms with van der Waals surface area (Å²) in [6.07, 6.45) is 7.01. The van der Waals surface area contributed by atoms with Crippen molar-refractivity contribution >= 4 is 23.3 Å². The van der Waals surface area contributed by atoms with Crippen LogP contribution in [0.5, 0.6) is 5.75 Å². The van der Waals surface area contributed by atoms with Crippen LogP contribution in [-0.4, -0.2) is 42.0 Å². The summed E-state index contributed by atoms with van der Waals surface area (Å²) in [5.74, 6) is 0.0714. The predicted octanol–water partition coefficient (Wildman–Crippen LogP) is 5.86. The van der Waals surface area contributed by atoms with Gasteiger partial charge in [0.1, 0.15) is 5.75 Å². The SMILES string of the molecule is C=CC[C@H](O)[C@]1(C)CC[C@@H]1CN1C[C@@]2(CCCc3cc(Cl)ccc32)COc2ccc(C(=O)O)cc21. The highest BCUT2D eigenvalue weighted by molar-refractivity contribution is 6.30. The van der Waals surface area contributed by atoms with E-state index >= 15 is 0 Å². The van der Waals surface area contributed by atoms with E-state index in [1.807, 2.05) is 6.07 Å². The number of halogens is 1. The number of rotatable bonds is 6. The molecule has 4 atom stereocenters. The average molecular weight is 496 g/mol. The molecule has 0 unspecified atom stereocenters. The second-order valence-electron chi connectivity index (χ2n) is 10.9. The molecule has 0 aromatic heterocycles. The van der Waals surface area contributed by atoms with E-state index in [0.717, 1.165) is 61.7 Å². The first-order valence-electron chi connectivity index (χ1n) is 12.6. The fourth-order valence-corrected chi connectivity index (χ4v) is 6.68. The van der Waals surface area contributed by atoms with E-state index in [1.54, 1.807) is 24.3 Å². The summed E-state index contributed by atoms with van der Waals surface area (Å²) in [5.41, 5.74) is 3.26. The number of carboxylic acid groups (broad SMARTS) is 1. The molecule has 5 rings (SSSR count). The molecule has 1 heterocycles. The molecule has 0 bridgehead atoms. The maximum absolute atomic E-state index is 11.8. The fourth-order valence-electron chi connectivity index (χ4n) is 6.48. The topological polar surface area (TPSA) is 70.0 Å². The van der Waals surface area contributed by atoms with Crippen molar-refractivity contribution in [1.29, 1.82) is 0 Å². The van der Waals surface area contributed by atoms with Gasteiger partial charge < -0.3 is 19.8 Å². The van der Waals surface area contributed by atoms with Gasteiger partial charge in [-0.05, 0) is 91.3 Å². The van der Waals surface area contributed by atoms with Crippen LogP contribution >= 0.6 is 11.6 Å². The van der Waals surface area contributed by atoms with Crippen molar-refractivity contribution in [1.82, 2.24) is 0 Å². The quantitative estimate of drug-likeness (QED) is 0.491. The minimum Gasteiger partial charge on any atom is -0.490 e. The molecular weight excluding hydrogens is 462 g/mol. The largest absolute Gasteiger partial charge is 0.490 e. The predicted molar refractivity (Wildman–Crippen MR) is 139 cm³/mol. The maximum atomic E-state index is 11.8. The van der Waals surface area contributed by atoms with Gasteiger partial charge in [0.2, 0.25) is 0 Å². The van der Waals surface area contributed by atoms with Crippen molar-refractivity contribution in [2.24, 2.45) is 11.3 Å². The van der Waals surface area contributed by atoms with Crippen LogP contribution in [0, 0.1) is 11.3 Å². The van der Waals surface area contributed by atoms with Crippen LogP contribution in [0.1, 0.15) is 60.5 Å². The summed E-state index contributed by atoms with van der Waals surface area (Å²) in [6, 6.07) is 11.4. The van der Waals surface area contributed by atoms with Crippen LogP contribution < -0.4 is 9.64 Å². The van der Waals surface area contributed by atoms with Crippen LogP contribution in [0.4, 0.5) is 5.69 Å². The Morgan fingerprint density at radius 2 is 2.14 bits per heavy atom. The molecule has 6 heteroatoms. The number of benzene rings is 2. The van der Waals surface area contributed by atoms with Crippen molar-refractivity contribution in [2.75, 3.05) is 24.6 Å². The van der Waals surface area contributed by atoms with E-state index < -0.39 is 12.1 Å². The van der Waals surface area contributed by atoms with Crippen molar-refractivity contribution in [2.45, 2.75) is 57.0 Å². The molecule has 2 aromatic carbocycles. The number of carbonyl (C=O) groups is 1. The number of aliphatic hydroxyl groups is 1. The van der Waals surface area contributed by atoms with Gasteiger partial charge in [0.25, 0.3) is 0 Å². The van der Waals surface area contributed by atoms with Gasteiger partial charge in [-0.2, -0.15) is 0 Å². The fraction of sp³-hybridized carbons (Fsp3) is 0.483. The molecular formula is C29H34ClNO4. The molecule has 1 aliphatic heterocycles. The third-order valence-electron chi connectivity index (χ3n) is 8.84. The molecule has 3 aliphatic rings. The van der Waals surface area contributed by atoms with E-state index in [0.29, 0.717) is 18.9 Å². The lowest BCUT2D eigenvalue weighted by Gasteiger charge is -2.52. The number of hydrogen-bond donors (Lipinski definition) is 2.